The lowest BCUT2D eigenvalue weighted by Gasteiger charge is -2.10. The number of nitrogens with zero attached hydrogens (tertiary/aromatic N) is 1. The number of aromatic nitrogens is 1. The van der Waals surface area contributed by atoms with Gasteiger partial charge in [0.2, 0.25) is 0 Å². The number of halogens is 1. The first kappa shape index (κ1) is 21.8. The normalized spacial score (nSPS) is 11.3. The van der Waals surface area contributed by atoms with Crippen molar-refractivity contribution in [1.29, 1.82) is 0 Å². The molecule has 7 nitrogen and oxygen atoms in total. The molecule has 0 atom stereocenters. The zero-order chi connectivity index (χ0) is 22.6. The number of carbonyl (C=O) groups excluding carboxylic acids is 1. The third-order valence-corrected chi connectivity index (χ3v) is 6.14. The van der Waals surface area contributed by atoms with Crippen LogP contribution >= 0.6 is 11.6 Å². The number of pyridine rings is 1. The van der Waals surface area contributed by atoms with Crippen LogP contribution in [-0.4, -0.2) is 19.3 Å². The molecule has 0 fully saturated rings. The van der Waals surface area contributed by atoms with Crippen LogP contribution in [0.5, 0.6) is 5.75 Å². The second-order valence-electron chi connectivity index (χ2n) is 6.83. The summed E-state index contributed by atoms with van der Waals surface area (Å²) >= 11 is 5.77. The van der Waals surface area contributed by atoms with E-state index in [2.05, 4.69) is 15.2 Å². The highest BCUT2D eigenvalue weighted by Gasteiger charge is 2.15. The van der Waals surface area contributed by atoms with Crippen molar-refractivity contribution in [2.75, 3.05) is 0 Å². The lowest BCUT2D eigenvalue weighted by Crippen LogP contribution is -2.41. The van der Waals surface area contributed by atoms with E-state index in [1.54, 1.807) is 30.5 Å². The van der Waals surface area contributed by atoms with Crippen molar-refractivity contribution in [3.63, 3.8) is 0 Å². The van der Waals surface area contributed by atoms with Crippen molar-refractivity contribution in [2.45, 2.75) is 11.5 Å². The lowest BCUT2D eigenvalue weighted by atomic mass is 10.1. The molecule has 1 aromatic heterocycles. The molecule has 0 aliphatic carbocycles. The van der Waals surface area contributed by atoms with E-state index >= 15 is 0 Å². The number of carbonyl (C=O) groups is 1. The summed E-state index contributed by atoms with van der Waals surface area (Å²) < 4.78 is 30.4. The largest absolute Gasteiger partial charge is 0.487 e. The molecule has 4 aromatic rings. The zero-order valence-electron chi connectivity index (χ0n) is 16.7. The molecule has 0 aliphatic heterocycles. The predicted octanol–water partition coefficient (Wildman–Crippen LogP) is 4.09. The van der Waals surface area contributed by atoms with E-state index in [4.69, 9.17) is 16.3 Å². The molecule has 3 aromatic carbocycles. The molecule has 1 amide bonds. The standard InChI is InChI=1S/C23H18ClN3O4S/c24-19-10-12-20(13-11-19)32(29,30)27-26-23(28)18-8-6-16(7-9-18)15-31-21-5-1-3-17-4-2-14-25-22(17)21/h1-14,27H,15H2,(H,26,28). The van der Waals surface area contributed by atoms with Gasteiger partial charge in [-0.2, -0.15) is 0 Å². The number of benzene rings is 3. The summed E-state index contributed by atoms with van der Waals surface area (Å²) in [7, 11) is -3.91. The fourth-order valence-electron chi connectivity index (χ4n) is 2.96. The van der Waals surface area contributed by atoms with E-state index in [-0.39, 0.29) is 4.90 Å². The monoisotopic (exact) mass is 467 g/mol. The second kappa shape index (κ2) is 9.35. The van der Waals surface area contributed by atoms with Crippen molar-refractivity contribution < 1.29 is 17.9 Å². The maximum atomic E-state index is 12.3. The first-order valence-corrected chi connectivity index (χ1v) is 11.4. The first-order valence-electron chi connectivity index (χ1n) is 9.55. The predicted molar refractivity (Wildman–Crippen MR) is 122 cm³/mol. The average molecular weight is 468 g/mol. The number of hydrogen-bond donors (Lipinski definition) is 2. The third kappa shape index (κ3) is 5.05. The number of hydrazine groups is 1. The van der Waals surface area contributed by atoms with Gasteiger partial charge in [0.25, 0.3) is 15.9 Å². The van der Waals surface area contributed by atoms with Crippen LogP contribution in [0, 0.1) is 0 Å². The quantitative estimate of drug-likeness (QED) is 0.399. The van der Waals surface area contributed by atoms with Gasteiger partial charge in [-0.15, -0.1) is 4.83 Å². The second-order valence-corrected chi connectivity index (χ2v) is 8.95. The molecule has 0 saturated heterocycles. The molecule has 9 heteroatoms. The van der Waals surface area contributed by atoms with Crippen LogP contribution in [0.4, 0.5) is 0 Å². The van der Waals surface area contributed by atoms with Crippen LogP contribution in [-0.2, 0) is 16.6 Å². The Balaban J connectivity index is 1.36. The Kier molecular flexibility index (Phi) is 6.36. The first-order chi connectivity index (χ1) is 15.4. The van der Waals surface area contributed by atoms with Crippen molar-refractivity contribution in [1.82, 2.24) is 15.2 Å². The van der Waals surface area contributed by atoms with Crippen LogP contribution in [0.25, 0.3) is 10.9 Å². The summed E-state index contributed by atoms with van der Waals surface area (Å²) in [5.41, 5.74) is 4.11. The van der Waals surface area contributed by atoms with Crippen LogP contribution in [0.1, 0.15) is 15.9 Å². The zero-order valence-corrected chi connectivity index (χ0v) is 18.2. The minimum atomic E-state index is -3.91. The Hall–Kier alpha value is -3.46. The molecule has 0 aliphatic rings. The van der Waals surface area contributed by atoms with Gasteiger partial charge in [0.05, 0.1) is 4.90 Å². The fourth-order valence-corrected chi connectivity index (χ4v) is 3.93. The van der Waals surface area contributed by atoms with Gasteiger partial charge >= 0.3 is 0 Å². The van der Waals surface area contributed by atoms with Crippen molar-refractivity contribution in [2.24, 2.45) is 0 Å². The van der Waals surface area contributed by atoms with E-state index in [1.807, 2.05) is 30.3 Å². The summed E-state index contributed by atoms with van der Waals surface area (Å²) in [6.07, 6.45) is 1.71. The molecule has 1 heterocycles. The Morgan fingerprint density at radius 2 is 1.66 bits per heavy atom. The van der Waals surface area contributed by atoms with Crippen molar-refractivity contribution in [3.05, 3.63) is 101 Å². The summed E-state index contributed by atoms with van der Waals surface area (Å²) in [5.74, 6) is 0.0785. The maximum Gasteiger partial charge on any atom is 0.266 e. The topological polar surface area (TPSA) is 97.4 Å². The van der Waals surface area contributed by atoms with Crippen molar-refractivity contribution >= 4 is 38.4 Å². The molecule has 0 radical (unpaired) electrons. The minimum Gasteiger partial charge on any atom is -0.487 e. The van der Waals surface area contributed by atoms with Crippen LogP contribution in [0.2, 0.25) is 5.02 Å². The van der Waals surface area contributed by atoms with Crippen LogP contribution in [0.3, 0.4) is 0 Å². The van der Waals surface area contributed by atoms with Crippen molar-refractivity contribution in [3.8, 4) is 5.75 Å². The van der Waals surface area contributed by atoms with Gasteiger partial charge in [0, 0.05) is 22.2 Å². The molecule has 2 N–H and O–H groups in total. The van der Waals surface area contributed by atoms with E-state index in [0.29, 0.717) is 22.9 Å². The Labute approximate surface area is 190 Å². The summed E-state index contributed by atoms with van der Waals surface area (Å²) in [5, 5.41) is 1.40. The number of rotatable bonds is 7. The SMILES string of the molecule is O=C(NNS(=O)(=O)c1ccc(Cl)cc1)c1ccc(COc2cccc3cccnc23)cc1. The van der Waals surface area contributed by atoms with Gasteiger partial charge in [-0.05, 0) is 54.1 Å². The number of para-hydroxylation sites is 1. The lowest BCUT2D eigenvalue weighted by molar-refractivity contribution is 0.0945. The fraction of sp³-hybridized carbons (Fsp3) is 0.0435. The molecular weight excluding hydrogens is 450 g/mol. The highest BCUT2D eigenvalue weighted by molar-refractivity contribution is 7.89. The Bertz CT molecular complexity index is 1350. The number of ether oxygens (including phenoxy) is 1. The number of fused-ring (bicyclic) bond motifs is 1. The van der Waals surface area contributed by atoms with E-state index < -0.39 is 15.9 Å². The third-order valence-electron chi connectivity index (χ3n) is 4.63. The maximum absolute atomic E-state index is 12.3. The van der Waals surface area contributed by atoms with E-state index in [9.17, 15) is 13.2 Å². The van der Waals surface area contributed by atoms with Gasteiger partial charge in [-0.25, -0.2) is 8.42 Å². The van der Waals surface area contributed by atoms with Crippen LogP contribution < -0.4 is 15.0 Å². The molecule has 0 unspecified atom stereocenters. The molecular formula is C23H18ClN3O4S. The molecule has 32 heavy (non-hydrogen) atoms. The number of hydrogen-bond acceptors (Lipinski definition) is 5. The highest BCUT2D eigenvalue weighted by atomic mass is 35.5. The van der Waals surface area contributed by atoms with Gasteiger partial charge in [-0.1, -0.05) is 41.9 Å². The summed E-state index contributed by atoms with van der Waals surface area (Å²) in [6, 6.07) is 21.8. The molecule has 162 valence electrons. The van der Waals surface area contributed by atoms with Gasteiger partial charge < -0.3 is 4.74 Å². The van der Waals surface area contributed by atoms with E-state index in [1.165, 1.54) is 24.3 Å². The summed E-state index contributed by atoms with van der Waals surface area (Å²) in [4.78, 5) is 18.7. The number of nitrogens with one attached hydrogen (secondary N) is 2. The molecule has 0 spiro atoms. The van der Waals surface area contributed by atoms with Crippen LogP contribution in [0.15, 0.2) is 90.0 Å². The molecule has 0 saturated carbocycles. The van der Waals surface area contributed by atoms with Gasteiger partial charge in [-0.3, -0.25) is 15.2 Å². The minimum absolute atomic E-state index is 0.0161. The number of amides is 1. The summed E-state index contributed by atoms with van der Waals surface area (Å²) in [6.45, 7) is 0.292. The Morgan fingerprint density at radius 3 is 2.41 bits per heavy atom. The molecule has 4 rings (SSSR count). The van der Waals surface area contributed by atoms with Gasteiger partial charge in [0.15, 0.2) is 0 Å². The molecule has 0 bridgehead atoms. The highest BCUT2D eigenvalue weighted by Crippen LogP contribution is 2.24. The van der Waals surface area contributed by atoms with E-state index in [0.717, 1.165) is 16.5 Å². The number of sulfonamides is 1. The smallest absolute Gasteiger partial charge is 0.266 e. The Morgan fingerprint density at radius 1 is 0.938 bits per heavy atom. The average Bonchev–Trinajstić information content (AvgIpc) is 2.82. The van der Waals surface area contributed by atoms with Gasteiger partial charge in [0.1, 0.15) is 17.9 Å².